The highest BCUT2D eigenvalue weighted by Crippen LogP contribution is 2.20. The van der Waals surface area contributed by atoms with E-state index in [0.717, 1.165) is 5.69 Å². The van der Waals surface area contributed by atoms with E-state index in [1.54, 1.807) is 28.7 Å². The van der Waals surface area contributed by atoms with Crippen LogP contribution in [0.15, 0.2) is 64.8 Å². The Morgan fingerprint density at radius 2 is 2.00 bits per heavy atom. The third-order valence-corrected chi connectivity index (χ3v) is 5.16. The summed E-state index contributed by atoms with van der Waals surface area (Å²) < 4.78 is 20.3. The van der Waals surface area contributed by atoms with Gasteiger partial charge in [-0.2, -0.15) is 0 Å². The second-order valence-electron chi connectivity index (χ2n) is 6.36. The number of thiazole rings is 1. The first-order valence-corrected chi connectivity index (χ1v) is 9.64. The van der Waals surface area contributed by atoms with Gasteiger partial charge in [0.15, 0.2) is 4.96 Å². The van der Waals surface area contributed by atoms with Crippen LogP contribution in [0.5, 0.6) is 5.75 Å². The molecule has 29 heavy (non-hydrogen) atoms. The van der Waals surface area contributed by atoms with Crippen LogP contribution in [-0.2, 0) is 6.61 Å². The first kappa shape index (κ1) is 18.8. The summed E-state index contributed by atoms with van der Waals surface area (Å²) >= 11 is 1.40. The van der Waals surface area contributed by atoms with Crippen molar-refractivity contribution in [1.82, 2.24) is 9.38 Å². The van der Waals surface area contributed by atoms with E-state index in [0.29, 0.717) is 27.7 Å². The van der Waals surface area contributed by atoms with Crippen molar-refractivity contribution in [3.05, 3.63) is 93.1 Å². The Bertz CT molecular complexity index is 1250. The Balaban J connectivity index is 1.46. The van der Waals surface area contributed by atoms with Gasteiger partial charge in [0, 0.05) is 34.5 Å². The third-order valence-electron chi connectivity index (χ3n) is 4.21. The maximum atomic E-state index is 13.0. The number of rotatable bonds is 5. The molecule has 0 aliphatic carbocycles. The molecule has 0 atom stereocenters. The monoisotopic (exact) mass is 409 g/mol. The maximum absolute atomic E-state index is 13.0. The van der Waals surface area contributed by atoms with Gasteiger partial charge in [-0.05, 0) is 43.3 Å². The molecule has 0 saturated heterocycles. The number of amides is 1. The SMILES string of the molecule is Cc1csc2nc(COc3cccc(NC(=O)c4ccc(F)cc4)c3)cc(=O)n12. The van der Waals surface area contributed by atoms with Gasteiger partial charge in [-0.3, -0.25) is 14.0 Å². The van der Waals surface area contributed by atoms with Crippen LogP contribution >= 0.6 is 11.3 Å². The van der Waals surface area contributed by atoms with E-state index in [2.05, 4.69) is 10.3 Å². The first-order valence-electron chi connectivity index (χ1n) is 8.76. The van der Waals surface area contributed by atoms with Crippen molar-refractivity contribution in [2.75, 3.05) is 5.32 Å². The summed E-state index contributed by atoms with van der Waals surface area (Å²) in [4.78, 5) is 29.6. The number of fused-ring (bicyclic) bond motifs is 1. The summed E-state index contributed by atoms with van der Waals surface area (Å²) in [5, 5.41) is 4.62. The number of benzene rings is 2. The minimum atomic E-state index is -0.402. The summed E-state index contributed by atoms with van der Waals surface area (Å²) in [5.41, 5.74) is 2.11. The van der Waals surface area contributed by atoms with E-state index in [9.17, 15) is 14.0 Å². The molecule has 8 heteroatoms. The number of carbonyl (C=O) groups is 1. The standard InChI is InChI=1S/C21H16FN3O3S/c1-13-12-29-21-24-17(10-19(26)25(13)21)11-28-18-4-2-3-16(9-18)23-20(27)14-5-7-15(22)8-6-14/h2-10,12H,11H2,1H3,(H,23,27). The van der Waals surface area contributed by atoms with Crippen molar-refractivity contribution in [2.45, 2.75) is 13.5 Å². The van der Waals surface area contributed by atoms with Crippen molar-refractivity contribution in [1.29, 1.82) is 0 Å². The number of aryl methyl sites for hydroxylation is 1. The number of anilines is 1. The molecular weight excluding hydrogens is 393 g/mol. The van der Waals surface area contributed by atoms with Gasteiger partial charge in [-0.15, -0.1) is 11.3 Å². The number of nitrogens with one attached hydrogen (secondary N) is 1. The second-order valence-corrected chi connectivity index (χ2v) is 7.19. The summed E-state index contributed by atoms with van der Waals surface area (Å²) in [6, 6.07) is 13.6. The van der Waals surface area contributed by atoms with Crippen LogP contribution in [0.2, 0.25) is 0 Å². The van der Waals surface area contributed by atoms with Crippen LogP contribution < -0.4 is 15.6 Å². The zero-order valence-corrected chi connectivity index (χ0v) is 16.2. The molecule has 4 aromatic rings. The Hall–Kier alpha value is -3.52. The Morgan fingerprint density at radius 1 is 1.21 bits per heavy atom. The highest BCUT2D eigenvalue weighted by atomic mass is 32.1. The molecule has 0 spiro atoms. The summed E-state index contributed by atoms with van der Waals surface area (Å²) in [7, 11) is 0. The van der Waals surface area contributed by atoms with Crippen molar-refractivity contribution < 1.29 is 13.9 Å². The molecule has 1 N–H and O–H groups in total. The topological polar surface area (TPSA) is 72.7 Å². The fourth-order valence-electron chi connectivity index (χ4n) is 2.80. The van der Waals surface area contributed by atoms with Crippen LogP contribution in [0.25, 0.3) is 4.96 Å². The number of nitrogens with zero attached hydrogens (tertiary/aromatic N) is 2. The van der Waals surface area contributed by atoms with Crippen molar-refractivity contribution in [3.8, 4) is 5.75 Å². The lowest BCUT2D eigenvalue weighted by atomic mass is 10.2. The minimum Gasteiger partial charge on any atom is -0.487 e. The van der Waals surface area contributed by atoms with Gasteiger partial charge >= 0.3 is 0 Å². The van der Waals surface area contributed by atoms with Gasteiger partial charge < -0.3 is 10.1 Å². The molecule has 2 aromatic carbocycles. The predicted octanol–water partition coefficient (Wildman–Crippen LogP) is 4.03. The molecule has 0 bridgehead atoms. The van der Waals surface area contributed by atoms with E-state index in [-0.39, 0.29) is 18.1 Å². The maximum Gasteiger partial charge on any atom is 0.259 e. The first-order chi connectivity index (χ1) is 14.0. The lowest BCUT2D eigenvalue weighted by Crippen LogP contribution is -2.16. The van der Waals surface area contributed by atoms with E-state index < -0.39 is 5.82 Å². The fraction of sp³-hybridized carbons (Fsp3) is 0.0952. The lowest BCUT2D eigenvalue weighted by molar-refractivity contribution is 0.102. The average Bonchev–Trinajstić information content (AvgIpc) is 3.08. The summed E-state index contributed by atoms with van der Waals surface area (Å²) in [6.45, 7) is 1.98. The molecule has 6 nitrogen and oxygen atoms in total. The quantitative estimate of drug-likeness (QED) is 0.540. The van der Waals surface area contributed by atoms with E-state index in [4.69, 9.17) is 4.74 Å². The van der Waals surface area contributed by atoms with Gasteiger partial charge in [0.2, 0.25) is 0 Å². The van der Waals surface area contributed by atoms with Crippen molar-refractivity contribution >= 4 is 27.9 Å². The molecule has 0 fully saturated rings. The van der Waals surface area contributed by atoms with E-state index in [1.165, 1.54) is 41.7 Å². The normalized spacial score (nSPS) is 10.8. The third kappa shape index (κ3) is 4.17. The zero-order chi connectivity index (χ0) is 20.4. The number of carbonyl (C=O) groups excluding carboxylic acids is 1. The van der Waals surface area contributed by atoms with Gasteiger partial charge in [0.25, 0.3) is 11.5 Å². The zero-order valence-electron chi connectivity index (χ0n) is 15.4. The van der Waals surface area contributed by atoms with Crippen LogP contribution in [0.3, 0.4) is 0 Å². The Labute approximate surface area is 169 Å². The van der Waals surface area contributed by atoms with Crippen LogP contribution in [0.1, 0.15) is 21.7 Å². The number of halogens is 1. The largest absolute Gasteiger partial charge is 0.487 e. The minimum absolute atomic E-state index is 0.123. The smallest absolute Gasteiger partial charge is 0.259 e. The fourth-order valence-corrected chi connectivity index (χ4v) is 3.69. The summed E-state index contributed by atoms with van der Waals surface area (Å²) in [6.07, 6.45) is 0. The molecule has 2 heterocycles. The van der Waals surface area contributed by atoms with Gasteiger partial charge in [-0.1, -0.05) is 6.07 Å². The van der Waals surface area contributed by atoms with Crippen molar-refractivity contribution in [3.63, 3.8) is 0 Å². The van der Waals surface area contributed by atoms with Gasteiger partial charge in [-0.25, -0.2) is 9.37 Å². The van der Waals surface area contributed by atoms with E-state index >= 15 is 0 Å². The number of hydrogen-bond acceptors (Lipinski definition) is 5. The highest BCUT2D eigenvalue weighted by molar-refractivity contribution is 7.15. The Kier molecular flexibility index (Phi) is 5.09. The Morgan fingerprint density at radius 3 is 2.79 bits per heavy atom. The lowest BCUT2D eigenvalue weighted by Gasteiger charge is -2.09. The van der Waals surface area contributed by atoms with Crippen LogP contribution in [-0.4, -0.2) is 15.3 Å². The predicted molar refractivity (Wildman–Crippen MR) is 109 cm³/mol. The van der Waals surface area contributed by atoms with Gasteiger partial charge in [0.1, 0.15) is 18.2 Å². The number of ether oxygens (including phenoxy) is 1. The van der Waals surface area contributed by atoms with Crippen LogP contribution in [0, 0.1) is 12.7 Å². The average molecular weight is 409 g/mol. The molecular formula is C21H16FN3O3S. The summed E-state index contributed by atoms with van der Waals surface area (Å²) in [5.74, 6) is -0.234. The van der Waals surface area contributed by atoms with Crippen molar-refractivity contribution in [2.24, 2.45) is 0 Å². The van der Waals surface area contributed by atoms with Crippen LogP contribution in [0.4, 0.5) is 10.1 Å². The molecule has 0 aliphatic rings. The molecule has 4 rings (SSSR count). The number of aromatic nitrogens is 2. The molecule has 0 unspecified atom stereocenters. The van der Waals surface area contributed by atoms with E-state index in [1.807, 2.05) is 12.3 Å². The highest BCUT2D eigenvalue weighted by Gasteiger charge is 2.09. The molecule has 1 amide bonds. The molecule has 2 aromatic heterocycles. The number of hydrogen-bond donors (Lipinski definition) is 1. The molecule has 0 saturated carbocycles. The second kappa shape index (κ2) is 7.84. The molecule has 0 radical (unpaired) electrons. The van der Waals surface area contributed by atoms with Gasteiger partial charge in [0.05, 0.1) is 5.69 Å². The molecule has 0 aliphatic heterocycles. The molecule has 146 valence electrons.